The van der Waals surface area contributed by atoms with Gasteiger partial charge in [-0.3, -0.25) is 4.57 Å². The zero-order valence-corrected chi connectivity index (χ0v) is 14.7. The van der Waals surface area contributed by atoms with Gasteiger partial charge in [0.2, 0.25) is 5.89 Å². The number of nitrogens with zero attached hydrogens (tertiary/aromatic N) is 3. The van der Waals surface area contributed by atoms with E-state index in [4.69, 9.17) is 16.0 Å². The predicted octanol–water partition coefficient (Wildman–Crippen LogP) is 5.47. The summed E-state index contributed by atoms with van der Waals surface area (Å²) in [4.78, 5) is 8.98. The summed E-state index contributed by atoms with van der Waals surface area (Å²) in [5, 5.41) is 1.61. The minimum absolute atomic E-state index is 0.636. The number of thioether (sulfide) groups is 1. The molecule has 0 saturated carbocycles. The van der Waals surface area contributed by atoms with Gasteiger partial charge in [-0.1, -0.05) is 41.6 Å². The van der Waals surface area contributed by atoms with Crippen LogP contribution in [0.2, 0.25) is 5.02 Å². The topological polar surface area (TPSA) is 43.9 Å². The molecule has 0 aliphatic heterocycles. The molecule has 0 bridgehead atoms. The van der Waals surface area contributed by atoms with E-state index in [9.17, 15) is 0 Å². The van der Waals surface area contributed by atoms with Gasteiger partial charge >= 0.3 is 0 Å². The second-order valence-corrected chi connectivity index (χ2v) is 6.73. The third-order valence-electron chi connectivity index (χ3n) is 3.63. The Kier molecular flexibility index (Phi) is 4.59. The lowest BCUT2D eigenvalue weighted by Gasteiger charge is -2.06. The van der Waals surface area contributed by atoms with E-state index in [1.54, 1.807) is 24.2 Å². The maximum atomic E-state index is 5.96. The molecule has 0 fully saturated rings. The summed E-state index contributed by atoms with van der Waals surface area (Å²) in [7, 11) is 0. The first-order chi connectivity index (χ1) is 12.3. The van der Waals surface area contributed by atoms with Crippen molar-refractivity contribution in [1.29, 1.82) is 0 Å². The maximum Gasteiger partial charge on any atom is 0.226 e. The molecule has 2 heterocycles. The highest BCUT2D eigenvalue weighted by atomic mass is 35.5. The molecule has 6 heteroatoms. The Balaban J connectivity index is 1.49. The van der Waals surface area contributed by atoms with Crippen LogP contribution in [0, 0.1) is 0 Å². The van der Waals surface area contributed by atoms with Crippen molar-refractivity contribution < 1.29 is 4.42 Å². The summed E-state index contributed by atoms with van der Waals surface area (Å²) in [6.07, 6.45) is 5.42. The summed E-state index contributed by atoms with van der Waals surface area (Å²) in [6.45, 7) is 0. The van der Waals surface area contributed by atoms with Gasteiger partial charge < -0.3 is 4.42 Å². The first-order valence-corrected chi connectivity index (χ1v) is 9.08. The van der Waals surface area contributed by atoms with Gasteiger partial charge in [0.1, 0.15) is 6.26 Å². The Labute approximate surface area is 154 Å². The van der Waals surface area contributed by atoms with Crippen molar-refractivity contribution in [2.24, 2.45) is 0 Å². The predicted molar refractivity (Wildman–Crippen MR) is 100 cm³/mol. The Morgan fingerprint density at radius 3 is 2.64 bits per heavy atom. The number of imidazole rings is 1. The van der Waals surface area contributed by atoms with E-state index in [2.05, 4.69) is 9.97 Å². The molecule has 4 nitrogen and oxygen atoms in total. The number of hydrogen-bond donors (Lipinski definition) is 0. The van der Waals surface area contributed by atoms with Crippen LogP contribution in [-0.4, -0.2) is 14.5 Å². The van der Waals surface area contributed by atoms with Crippen LogP contribution in [0.3, 0.4) is 0 Å². The largest absolute Gasteiger partial charge is 0.444 e. The lowest BCUT2D eigenvalue weighted by Crippen LogP contribution is -1.95. The van der Waals surface area contributed by atoms with E-state index >= 15 is 0 Å². The van der Waals surface area contributed by atoms with Crippen LogP contribution in [0.1, 0.15) is 5.69 Å². The minimum Gasteiger partial charge on any atom is -0.444 e. The van der Waals surface area contributed by atoms with E-state index in [-0.39, 0.29) is 0 Å². The molecule has 0 amide bonds. The number of rotatable bonds is 5. The van der Waals surface area contributed by atoms with Crippen molar-refractivity contribution >= 4 is 23.4 Å². The van der Waals surface area contributed by atoms with E-state index in [1.165, 1.54) is 0 Å². The van der Waals surface area contributed by atoms with E-state index in [0.717, 1.165) is 22.1 Å². The third kappa shape index (κ3) is 3.62. The average molecular weight is 368 g/mol. The van der Waals surface area contributed by atoms with Gasteiger partial charge in [0.25, 0.3) is 0 Å². The summed E-state index contributed by atoms with van der Waals surface area (Å²) in [5.74, 6) is 1.32. The van der Waals surface area contributed by atoms with Crippen molar-refractivity contribution in [1.82, 2.24) is 14.5 Å². The van der Waals surface area contributed by atoms with Gasteiger partial charge in [-0.2, -0.15) is 0 Å². The molecule has 25 heavy (non-hydrogen) atoms. The molecule has 2 aromatic heterocycles. The molecule has 0 N–H and O–H groups in total. The molecule has 2 aromatic carbocycles. The van der Waals surface area contributed by atoms with Gasteiger partial charge in [0.15, 0.2) is 5.16 Å². The number of oxazole rings is 1. The molecule has 4 rings (SSSR count). The molecule has 0 radical (unpaired) electrons. The quantitative estimate of drug-likeness (QED) is 0.438. The van der Waals surface area contributed by atoms with Gasteiger partial charge in [-0.15, -0.1) is 0 Å². The standard InChI is InChI=1S/C19H14ClN3OS/c20-15-6-8-17(9-7-15)23-11-10-21-19(23)25-13-16-12-24-18(22-16)14-4-2-1-3-5-14/h1-12H,13H2. The van der Waals surface area contributed by atoms with Crippen molar-refractivity contribution in [3.05, 3.63) is 84.0 Å². The lowest BCUT2D eigenvalue weighted by atomic mass is 10.2. The first-order valence-electron chi connectivity index (χ1n) is 7.71. The number of hydrogen-bond acceptors (Lipinski definition) is 4. The Morgan fingerprint density at radius 1 is 1.04 bits per heavy atom. The number of aromatic nitrogens is 3. The fourth-order valence-electron chi connectivity index (χ4n) is 2.42. The maximum absolute atomic E-state index is 5.96. The second-order valence-electron chi connectivity index (χ2n) is 5.35. The first kappa shape index (κ1) is 16.0. The van der Waals surface area contributed by atoms with Crippen molar-refractivity contribution in [2.75, 3.05) is 0 Å². The van der Waals surface area contributed by atoms with Crippen molar-refractivity contribution in [3.63, 3.8) is 0 Å². The molecular weight excluding hydrogens is 354 g/mol. The fraction of sp³-hybridized carbons (Fsp3) is 0.0526. The van der Waals surface area contributed by atoms with Crippen LogP contribution in [0.15, 0.2) is 82.8 Å². The second kappa shape index (κ2) is 7.17. The molecule has 0 unspecified atom stereocenters. The number of halogens is 1. The summed E-state index contributed by atoms with van der Waals surface area (Å²) in [6, 6.07) is 17.6. The third-order valence-corrected chi connectivity index (χ3v) is 4.89. The number of benzene rings is 2. The van der Waals surface area contributed by atoms with Crippen molar-refractivity contribution in [2.45, 2.75) is 10.9 Å². The average Bonchev–Trinajstić information content (AvgIpc) is 3.31. The van der Waals surface area contributed by atoms with Crippen LogP contribution in [0.4, 0.5) is 0 Å². The van der Waals surface area contributed by atoms with Crippen LogP contribution >= 0.6 is 23.4 Å². The monoisotopic (exact) mass is 367 g/mol. The molecule has 0 aliphatic carbocycles. The summed E-state index contributed by atoms with van der Waals surface area (Å²) >= 11 is 7.57. The van der Waals surface area contributed by atoms with Gasteiger partial charge in [-0.25, -0.2) is 9.97 Å². The lowest BCUT2D eigenvalue weighted by molar-refractivity contribution is 0.573. The highest BCUT2D eigenvalue weighted by molar-refractivity contribution is 7.98. The summed E-state index contributed by atoms with van der Waals surface area (Å²) < 4.78 is 7.61. The fourth-order valence-corrected chi connectivity index (χ4v) is 3.40. The normalized spacial score (nSPS) is 10.9. The Hall–Kier alpha value is -2.50. The van der Waals surface area contributed by atoms with E-state index < -0.39 is 0 Å². The molecule has 0 spiro atoms. The molecule has 4 aromatic rings. The molecule has 0 aliphatic rings. The van der Waals surface area contributed by atoms with Crippen LogP contribution in [-0.2, 0) is 5.75 Å². The van der Waals surface area contributed by atoms with E-state index in [1.807, 2.05) is 65.4 Å². The van der Waals surface area contributed by atoms with Crippen LogP contribution < -0.4 is 0 Å². The molecule has 124 valence electrons. The highest BCUT2D eigenvalue weighted by Gasteiger charge is 2.10. The zero-order valence-electron chi connectivity index (χ0n) is 13.2. The smallest absolute Gasteiger partial charge is 0.226 e. The summed E-state index contributed by atoms with van der Waals surface area (Å²) in [5.41, 5.74) is 2.88. The minimum atomic E-state index is 0.636. The highest BCUT2D eigenvalue weighted by Crippen LogP contribution is 2.26. The van der Waals surface area contributed by atoms with Gasteiger partial charge in [-0.05, 0) is 36.4 Å². The van der Waals surface area contributed by atoms with Crippen LogP contribution in [0.5, 0.6) is 0 Å². The molecule has 0 atom stereocenters. The van der Waals surface area contributed by atoms with Gasteiger partial charge in [0.05, 0.1) is 5.69 Å². The molecule has 0 saturated heterocycles. The van der Waals surface area contributed by atoms with E-state index in [0.29, 0.717) is 16.7 Å². The molecular formula is C19H14ClN3OS. The van der Waals surface area contributed by atoms with Crippen LogP contribution in [0.25, 0.3) is 17.1 Å². The Morgan fingerprint density at radius 2 is 1.84 bits per heavy atom. The SMILES string of the molecule is Clc1ccc(-n2ccnc2SCc2coc(-c3ccccc3)n2)cc1. The zero-order chi connectivity index (χ0) is 17.1. The van der Waals surface area contributed by atoms with Crippen molar-refractivity contribution in [3.8, 4) is 17.1 Å². The van der Waals surface area contributed by atoms with Gasteiger partial charge in [0, 0.05) is 34.4 Å². The Bertz CT molecular complexity index is 964.